The summed E-state index contributed by atoms with van der Waals surface area (Å²) in [6.07, 6.45) is 2.51. The number of carbonyl (C=O) groups excluding carboxylic acids is 4. The quantitative estimate of drug-likeness (QED) is 0.122. The molecule has 4 aromatic carbocycles. The molecular formula is C44H41BrO11. The maximum absolute atomic E-state index is 14.0. The van der Waals surface area contributed by atoms with Crippen molar-refractivity contribution in [3.63, 3.8) is 0 Å². The molecule has 0 bridgehead atoms. The van der Waals surface area contributed by atoms with Gasteiger partial charge in [-0.1, -0.05) is 30.3 Å². The smallest absolute Gasteiger partial charge is 0.347 e. The second-order valence-corrected chi connectivity index (χ2v) is 14.5. The number of rotatable bonds is 9. The summed E-state index contributed by atoms with van der Waals surface area (Å²) in [4.78, 5) is 65.4. The van der Waals surface area contributed by atoms with E-state index >= 15 is 0 Å². The Morgan fingerprint density at radius 2 is 1.25 bits per heavy atom. The van der Waals surface area contributed by atoms with E-state index in [0.29, 0.717) is 55.6 Å². The molecule has 2 N–H and O–H groups in total. The van der Waals surface area contributed by atoms with Gasteiger partial charge in [-0.3, -0.25) is 9.59 Å². The Morgan fingerprint density at radius 1 is 0.679 bits per heavy atom. The second-order valence-electron chi connectivity index (χ2n) is 13.7. The number of phenolic OH excluding ortho intramolecular Hbond substituents is 1. The van der Waals surface area contributed by atoms with Gasteiger partial charge in [0.15, 0.2) is 11.5 Å². The molecule has 0 amide bonds. The number of phenols is 1. The summed E-state index contributed by atoms with van der Waals surface area (Å²) in [5.41, 5.74) is 5.24. The second kappa shape index (κ2) is 16.0. The maximum atomic E-state index is 14.0. The minimum absolute atomic E-state index is 0.0268. The number of benzene rings is 4. The number of carbonyl (C=O) groups is 5. The van der Waals surface area contributed by atoms with Crippen LogP contribution in [0.1, 0.15) is 82.5 Å². The zero-order chi connectivity index (χ0) is 41.5. The fourth-order valence-electron chi connectivity index (χ4n) is 7.01. The molecule has 0 saturated heterocycles. The summed E-state index contributed by atoms with van der Waals surface area (Å²) in [6.45, 7) is 14.9. The van der Waals surface area contributed by atoms with Gasteiger partial charge in [0.2, 0.25) is 0 Å². The highest BCUT2D eigenvalue weighted by atomic mass is 79.9. The van der Waals surface area contributed by atoms with Gasteiger partial charge in [-0.2, -0.15) is 0 Å². The lowest BCUT2D eigenvalue weighted by atomic mass is 9.88. The van der Waals surface area contributed by atoms with E-state index in [1.807, 2.05) is 30.3 Å². The SMILES string of the molecule is COC1=CC(=O)C=C(C)C1C(=O)Oc1c(C)c(C)c(C(=O)Oc2cc(C)c(C(=O)Oc3c(C)c(C)c(C(=O)O)c(C)c3-c3ccccc3)c(C)c2C)c(O)c1Br. The van der Waals surface area contributed by atoms with E-state index in [2.05, 4.69) is 15.9 Å². The lowest BCUT2D eigenvalue weighted by molar-refractivity contribution is -0.137. The van der Waals surface area contributed by atoms with Crippen LogP contribution < -0.4 is 14.2 Å². The number of allylic oxidation sites excluding steroid dienone is 2. The molecular weight excluding hydrogens is 784 g/mol. The highest BCUT2D eigenvalue weighted by Gasteiger charge is 2.34. The Bertz CT molecular complexity index is 2410. The van der Waals surface area contributed by atoms with Crippen molar-refractivity contribution < 1.29 is 53.1 Å². The number of hydrogen-bond donors (Lipinski definition) is 2. The van der Waals surface area contributed by atoms with E-state index in [1.165, 1.54) is 25.3 Å². The van der Waals surface area contributed by atoms with Crippen molar-refractivity contribution in [3.8, 4) is 34.1 Å². The minimum atomic E-state index is -1.09. The summed E-state index contributed by atoms with van der Waals surface area (Å²) < 4.78 is 22.9. The topological polar surface area (TPSA) is 163 Å². The number of aryl methyl sites for hydroxylation is 1. The zero-order valence-electron chi connectivity index (χ0n) is 32.6. The van der Waals surface area contributed by atoms with Gasteiger partial charge in [0.1, 0.15) is 39.0 Å². The van der Waals surface area contributed by atoms with Crippen molar-refractivity contribution in [2.45, 2.75) is 62.3 Å². The third-order valence-electron chi connectivity index (χ3n) is 10.4. The highest BCUT2D eigenvalue weighted by Crippen LogP contribution is 2.44. The minimum Gasteiger partial charge on any atom is -0.506 e. The summed E-state index contributed by atoms with van der Waals surface area (Å²) in [5.74, 6) is -4.81. The normalized spacial score (nSPS) is 13.8. The van der Waals surface area contributed by atoms with Crippen molar-refractivity contribution in [1.82, 2.24) is 0 Å². The van der Waals surface area contributed by atoms with Crippen molar-refractivity contribution in [1.29, 1.82) is 0 Å². The Kier molecular flexibility index (Phi) is 11.8. The van der Waals surface area contributed by atoms with Gasteiger partial charge in [0.05, 0.1) is 18.2 Å². The van der Waals surface area contributed by atoms with E-state index in [0.717, 1.165) is 0 Å². The van der Waals surface area contributed by atoms with Crippen LogP contribution in [-0.2, 0) is 14.3 Å². The molecule has 5 rings (SSSR count). The number of aromatic hydroxyl groups is 1. The molecule has 0 radical (unpaired) electrons. The van der Waals surface area contributed by atoms with E-state index in [9.17, 15) is 34.2 Å². The molecule has 1 atom stereocenters. The Hall–Kier alpha value is -6.01. The summed E-state index contributed by atoms with van der Waals surface area (Å²) in [6, 6.07) is 10.6. The Morgan fingerprint density at radius 3 is 1.86 bits per heavy atom. The van der Waals surface area contributed by atoms with Crippen LogP contribution >= 0.6 is 15.9 Å². The molecule has 4 aromatic rings. The fourth-order valence-corrected chi connectivity index (χ4v) is 7.58. The average Bonchev–Trinajstić information content (AvgIpc) is 3.13. The molecule has 11 nitrogen and oxygen atoms in total. The number of aromatic carboxylic acids is 1. The van der Waals surface area contributed by atoms with Crippen LogP contribution in [0, 0.1) is 61.3 Å². The molecule has 12 heteroatoms. The Balaban J connectivity index is 1.47. The first-order valence-electron chi connectivity index (χ1n) is 17.5. The number of ketones is 1. The fraction of sp³-hybridized carbons (Fsp3) is 0.250. The number of carboxylic acid groups (broad SMARTS) is 1. The zero-order valence-corrected chi connectivity index (χ0v) is 34.2. The largest absolute Gasteiger partial charge is 0.506 e. The first-order valence-corrected chi connectivity index (χ1v) is 18.3. The summed E-state index contributed by atoms with van der Waals surface area (Å²) in [5, 5.41) is 21.3. The van der Waals surface area contributed by atoms with Crippen molar-refractivity contribution in [2.75, 3.05) is 7.11 Å². The Labute approximate surface area is 332 Å². The average molecular weight is 826 g/mol. The van der Waals surface area contributed by atoms with Gasteiger partial charge in [0, 0.05) is 11.6 Å². The number of ether oxygens (including phenoxy) is 4. The summed E-state index contributed by atoms with van der Waals surface area (Å²) >= 11 is 3.28. The predicted molar refractivity (Wildman–Crippen MR) is 212 cm³/mol. The van der Waals surface area contributed by atoms with Crippen LogP contribution in [-0.4, -0.2) is 47.0 Å². The lowest BCUT2D eigenvalue weighted by Crippen LogP contribution is -2.28. The molecule has 0 heterocycles. The van der Waals surface area contributed by atoms with E-state index < -0.39 is 35.5 Å². The van der Waals surface area contributed by atoms with Crippen LogP contribution in [0.5, 0.6) is 23.0 Å². The predicted octanol–water partition coefficient (Wildman–Crippen LogP) is 9.01. The van der Waals surface area contributed by atoms with Crippen molar-refractivity contribution in [2.24, 2.45) is 5.92 Å². The highest BCUT2D eigenvalue weighted by molar-refractivity contribution is 9.10. The van der Waals surface area contributed by atoms with Crippen molar-refractivity contribution >= 4 is 45.6 Å². The number of methoxy groups -OCH3 is 1. The first kappa shape index (κ1) is 41.2. The molecule has 0 spiro atoms. The van der Waals surface area contributed by atoms with Crippen LogP contribution in [0.3, 0.4) is 0 Å². The van der Waals surface area contributed by atoms with Gasteiger partial charge < -0.3 is 29.2 Å². The van der Waals surface area contributed by atoms with Crippen LogP contribution in [0.25, 0.3) is 11.1 Å². The molecule has 1 aliphatic carbocycles. The van der Waals surface area contributed by atoms with Crippen LogP contribution in [0.15, 0.2) is 64.4 Å². The molecule has 0 aromatic heterocycles. The van der Waals surface area contributed by atoms with Crippen molar-refractivity contribution in [3.05, 3.63) is 126 Å². The van der Waals surface area contributed by atoms with Gasteiger partial charge in [-0.25, -0.2) is 14.4 Å². The maximum Gasteiger partial charge on any atom is 0.347 e. The summed E-state index contributed by atoms with van der Waals surface area (Å²) in [7, 11) is 1.34. The standard InChI is InChI=1S/C44H41BrO11/c1-19-16-29(46)18-31(53-10)33(19)43(51)56-40-26(8)24(6)36(38(47)37(40)45)44(52)54-30-17-20(2)32(22(4)21(30)3)42(50)55-39-25(7)23(5)34(41(48)49)27(9)35(39)28-14-12-11-13-15-28/h11-18,33,47H,1-10H3,(H,48,49). The monoisotopic (exact) mass is 824 g/mol. The van der Waals surface area contributed by atoms with Gasteiger partial charge in [-0.05, 0) is 146 Å². The molecule has 1 unspecified atom stereocenters. The molecule has 290 valence electrons. The van der Waals surface area contributed by atoms with Crippen LogP contribution in [0.4, 0.5) is 0 Å². The number of carboxylic acids is 1. The number of esters is 3. The molecule has 0 aliphatic heterocycles. The van der Waals surface area contributed by atoms with Gasteiger partial charge in [-0.15, -0.1) is 0 Å². The van der Waals surface area contributed by atoms with E-state index in [1.54, 1.807) is 62.3 Å². The lowest BCUT2D eigenvalue weighted by Gasteiger charge is -2.23. The molecule has 1 aliphatic rings. The van der Waals surface area contributed by atoms with Gasteiger partial charge >= 0.3 is 23.9 Å². The van der Waals surface area contributed by atoms with Gasteiger partial charge in [0.25, 0.3) is 0 Å². The third kappa shape index (κ3) is 7.36. The number of halogens is 1. The third-order valence-corrected chi connectivity index (χ3v) is 11.1. The number of hydrogen-bond acceptors (Lipinski definition) is 10. The van der Waals surface area contributed by atoms with E-state index in [4.69, 9.17) is 18.9 Å². The molecule has 0 fully saturated rings. The molecule has 56 heavy (non-hydrogen) atoms. The first-order chi connectivity index (χ1) is 26.3. The molecule has 0 saturated carbocycles. The van der Waals surface area contributed by atoms with Crippen LogP contribution in [0.2, 0.25) is 0 Å². The van der Waals surface area contributed by atoms with E-state index in [-0.39, 0.29) is 55.5 Å².